The monoisotopic (exact) mass is 281 g/mol. The van der Waals surface area contributed by atoms with Crippen molar-refractivity contribution in [3.8, 4) is 11.5 Å². The quantitative estimate of drug-likeness (QED) is 0.862. The van der Waals surface area contributed by atoms with Gasteiger partial charge in [-0.2, -0.15) is 0 Å². The SMILES string of the molecule is COc1cc(C(C)(C)C)c(OC)cc1CC(N)C(=O)O. The first-order chi connectivity index (χ1) is 9.20. The Morgan fingerprint density at radius 2 is 1.80 bits per heavy atom. The first kappa shape index (κ1) is 16.3. The molecule has 0 amide bonds. The lowest BCUT2D eigenvalue weighted by Gasteiger charge is -2.24. The van der Waals surface area contributed by atoms with E-state index in [-0.39, 0.29) is 11.8 Å². The van der Waals surface area contributed by atoms with E-state index in [9.17, 15) is 4.79 Å². The van der Waals surface area contributed by atoms with Crippen LogP contribution in [0.4, 0.5) is 0 Å². The maximum Gasteiger partial charge on any atom is 0.320 e. The molecule has 20 heavy (non-hydrogen) atoms. The van der Waals surface area contributed by atoms with Crippen molar-refractivity contribution in [3.05, 3.63) is 23.3 Å². The topological polar surface area (TPSA) is 81.8 Å². The standard InChI is InChI=1S/C15H23NO4/c1-15(2,3)10-8-12(19-4)9(7-13(10)20-5)6-11(16)14(17)18/h7-8,11H,6,16H2,1-5H3,(H,17,18). The van der Waals surface area contributed by atoms with Crippen LogP contribution in [0.1, 0.15) is 31.9 Å². The highest BCUT2D eigenvalue weighted by Gasteiger charge is 2.23. The van der Waals surface area contributed by atoms with Gasteiger partial charge in [-0.25, -0.2) is 0 Å². The van der Waals surface area contributed by atoms with Gasteiger partial charge in [0.1, 0.15) is 17.5 Å². The number of nitrogens with two attached hydrogens (primary N) is 1. The zero-order valence-electron chi connectivity index (χ0n) is 12.7. The summed E-state index contributed by atoms with van der Waals surface area (Å²) in [6, 6.07) is 2.74. The second-order valence-corrected chi connectivity index (χ2v) is 5.76. The predicted octanol–water partition coefficient (Wildman–Crippen LogP) is 1.96. The molecule has 5 heteroatoms. The number of rotatable bonds is 5. The van der Waals surface area contributed by atoms with E-state index in [0.29, 0.717) is 11.5 Å². The van der Waals surface area contributed by atoms with E-state index in [1.165, 1.54) is 0 Å². The maximum absolute atomic E-state index is 10.9. The molecule has 1 unspecified atom stereocenters. The molecule has 0 bridgehead atoms. The van der Waals surface area contributed by atoms with Crippen LogP contribution in [0, 0.1) is 0 Å². The van der Waals surface area contributed by atoms with E-state index in [4.69, 9.17) is 20.3 Å². The van der Waals surface area contributed by atoms with Gasteiger partial charge in [0.15, 0.2) is 0 Å². The van der Waals surface area contributed by atoms with Gasteiger partial charge in [-0.05, 0) is 23.1 Å². The molecule has 0 saturated heterocycles. The lowest BCUT2D eigenvalue weighted by Crippen LogP contribution is -2.32. The third-order valence-electron chi connectivity index (χ3n) is 3.17. The first-order valence-corrected chi connectivity index (χ1v) is 6.44. The molecular formula is C15H23NO4. The van der Waals surface area contributed by atoms with Crippen LogP contribution < -0.4 is 15.2 Å². The van der Waals surface area contributed by atoms with Crippen molar-refractivity contribution in [2.75, 3.05) is 14.2 Å². The van der Waals surface area contributed by atoms with Crippen LogP contribution in [0.5, 0.6) is 11.5 Å². The maximum atomic E-state index is 10.9. The van der Waals surface area contributed by atoms with E-state index in [2.05, 4.69) is 20.8 Å². The Balaban J connectivity index is 3.29. The van der Waals surface area contributed by atoms with Crippen LogP contribution in [0.15, 0.2) is 12.1 Å². The molecule has 0 aromatic heterocycles. The summed E-state index contributed by atoms with van der Waals surface area (Å²) < 4.78 is 10.8. The summed E-state index contributed by atoms with van der Waals surface area (Å²) in [5.74, 6) is 0.309. The average Bonchev–Trinajstić information content (AvgIpc) is 2.36. The molecule has 1 aromatic rings. The van der Waals surface area contributed by atoms with Gasteiger partial charge in [-0.15, -0.1) is 0 Å². The van der Waals surface area contributed by atoms with Crippen molar-refractivity contribution in [1.29, 1.82) is 0 Å². The summed E-state index contributed by atoms with van der Waals surface area (Å²) in [6.07, 6.45) is 0.194. The Morgan fingerprint density at radius 1 is 1.25 bits per heavy atom. The second kappa shape index (κ2) is 6.13. The van der Waals surface area contributed by atoms with Gasteiger partial charge in [-0.3, -0.25) is 4.79 Å². The minimum atomic E-state index is -1.04. The summed E-state index contributed by atoms with van der Waals surface area (Å²) >= 11 is 0. The molecule has 3 N–H and O–H groups in total. The Bertz CT molecular complexity index is 491. The van der Waals surface area contributed by atoms with Gasteiger partial charge < -0.3 is 20.3 Å². The van der Waals surface area contributed by atoms with Crippen LogP contribution in [-0.4, -0.2) is 31.3 Å². The number of aliphatic carboxylic acids is 1. The number of hydrogen-bond donors (Lipinski definition) is 2. The summed E-state index contributed by atoms with van der Waals surface area (Å²) in [6.45, 7) is 6.23. The molecule has 0 aliphatic rings. The average molecular weight is 281 g/mol. The zero-order valence-corrected chi connectivity index (χ0v) is 12.7. The number of hydrogen-bond acceptors (Lipinski definition) is 4. The van der Waals surface area contributed by atoms with Crippen molar-refractivity contribution in [3.63, 3.8) is 0 Å². The molecular weight excluding hydrogens is 258 g/mol. The molecule has 5 nitrogen and oxygen atoms in total. The van der Waals surface area contributed by atoms with Gasteiger partial charge in [-0.1, -0.05) is 20.8 Å². The number of carboxylic acids is 1. The van der Waals surface area contributed by atoms with Crippen molar-refractivity contribution >= 4 is 5.97 Å². The van der Waals surface area contributed by atoms with Crippen LogP contribution in [-0.2, 0) is 16.6 Å². The highest BCUT2D eigenvalue weighted by Crippen LogP contribution is 2.37. The lowest BCUT2D eigenvalue weighted by molar-refractivity contribution is -0.138. The largest absolute Gasteiger partial charge is 0.496 e. The fraction of sp³-hybridized carbons (Fsp3) is 0.533. The molecule has 0 fully saturated rings. The van der Waals surface area contributed by atoms with Gasteiger partial charge >= 0.3 is 5.97 Å². The summed E-state index contributed by atoms with van der Waals surface area (Å²) in [4.78, 5) is 10.9. The fourth-order valence-electron chi connectivity index (χ4n) is 2.03. The van der Waals surface area contributed by atoms with E-state index in [1.807, 2.05) is 12.1 Å². The minimum absolute atomic E-state index is 0.105. The van der Waals surface area contributed by atoms with Crippen LogP contribution in [0.3, 0.4) is 0 Å². The molecule has 0 radical (unpaired) electrons. The molecule has 112 valence electrons. The predicted molar refractivity (Wildman–Crippen MR) is 77.6 cm³/mol. The highest BCUT2D eigenvalue weighted by atomic mass is 16.5. The Morgan fingerprint density at radius 3 is 2.20 bits per heavy atom. The fourth-order valence-corrected chi connectivity index (χ4v) is 2.03. The van der Waals surface area contributed by atoms with Gasteiger partial charge in [0.05, 0.1) is 14.2 Å². The molecule has 0 aliphatic heterocycles. The van der Waals surface area contributed by atoms with Gasteiger partial charge in [0, 0.05) is 12.0 Å². The van der Waals surface area contributed by atoms with Gasteiger partial charge in [0.2, 0.25) is 0 Å². The molecule has 0 saturated carbocycles. The minimum Gasteiger partial charge on any atom is -0.496 e. The molecule has 0 heterocycles. The van der Waals surface area contributed by atoms with Gasteiger partial charge in [0.25, 0.3) is 0 Å². The van der Waals surface area contributed by atoms with Crippen molar-refractivity contribution in [1.82, 2.24) is 0 Å². The summed E-state index contributed by atoms with van der Waals surface area (Å²) in [7, 11) is 3.15. The van der Waals surface area contributed by atoms with E-state index in [0.717, 1.165) is 11.1 Å². The number of benzene rings is 1. The smallest absolute Gasteiger partial charge is 0.320 e. The molecule has 1 aromatic carbocycles. The summed E-state index contributed by atoms with van der Waals surface area (Å²) in [5.41, 5.74) is 7.22. The van der Waals surface area contributed by atoms with E-state index >= 15 is 0 Å². The van der Waals surface area contributed by atoms with Crippen molar-refractivity contribution in [2.45, 2.75) is 38.6 Å². The number of carbonyl (C=O) groups is 1. The first-order valence-electron chi connectivity index (χ1n) is 6.44. The van der Waals surface area contributed by atoms with Crippen LogP contribution >= 0.6 is 0 Å². The Kier molecular flexibility index (Phi) is 5.00. The number of carboxylic acid groups (broad SMARTS) is 1. The molecule has 1 atom stereocenters. The number of ether oxygens (including phenoxy) is 2. The number of methoxy groups -OCH3 is 2. The second-order valence-electron chi connectivity index (χ2n) is 5.76. The molecule has 0 spiro atoms. The molecule has 1 rings (SSSR count). The van der Waals surface area contributed by atoms with E-state index in [1.54, 1.807) is 14.2 Å². The summed E-state index contributed by atoms with van der Waals surface area (Å²) in [5, 5.41) is 8.92. The van der Waals surface area contributed by atoms with Crippen LogP contribution in [0.2, 0.25) is 0 Å². The lowest BCUT2D eigenvalue weighted by atomic mass is 9.85. The third kappa shape index (κ3) is 3.63. The van der Waals surface area contributed by atoms with Crippen molar-refractivity contribution in [2.24, 2.45) is 5.73 Å². The Hall–Kier alpha value is -1.75. The van der Waals surface area contributed by atoms with Crippen molar-refractivity contribution < 1.29 is 19.4 Å². The highest BCUT2D eigenvalue weighted by molar-refractivity contribution is 5.73. The normalized spacial score (nSPS) is 12.9. The van der Waals surface area contributed by atoms with E-state index < -0.39 is 12.0 Å². The van der Waals surface area contributed by atoms with Crippen LogP contribution in [0.25, 0.3) is 0 Å². The third-order valence-corrected chi connectivity index (χ3v) is 3.17. The molecule has 0 aliphatic carbocycles. The zero-order chi connectivity index (χ0) is 15.5. The Labute approximate surface area is 119 Å².